The quantitative estimate of drug-likeness (QED) is 0.434. The van der Waals surface area contributed by atoms with Gasteiger partial charge in [0.1, 0.15) is 11.2 Å². The average Bonchev–Trinajstić information content (AvgIpc) is 3.31. The molecule has 2 amide bonds. The summed E-state index contributed by atoms with van der Waals surface area (Å²) in [5, 5.41) is 9.27. The smallest absolute Gasteiger partial charge is 0.321 e. The number of rotatable bonds is 4. The number of imidazole rings is 1. The summed E-state index contributed by atoms with van der Waals surface area (Å²) in [7, 11) is 0. The van der Waals surface area contributed by atoms with Crippen LogP contribution in [0.15, 0.2) is 47.7 Å². The van der Waals surface area contributed by atoms with Crippen LogP contribution in [0.4, 0.5) is 15.1 Å². The third kappa shape index (κ3) is 3.11. The van der Waals surface area contributed by atoms with Crippen LogP contribution in [0.3, 0.4) is 0 Å². The standard InChI is InChI=1S/C18H16FN7O2/c1-2-20-18(28)25-17-23-12-9-11(10-4-6-21-13(27)8-10)14(19)16(15(12)24-17)26-7-3-5-22-26/h3-9H,2H2,1H3,(H,21,27)(H3,20,23,24,25,28). The van der Waals surface area contributed by atoms with Gasteiger partial charge in [-0.2, -0.15) is 5.10 Å². The van der Waals surface area contributed by atoms with Crippen LogP contribution in [0.1, 0.15) is 6.92 Å². The molecule has 10 heteroatoms. The zero-order valence-electron chi connectivity index (χ0n) is 14.8. The van der Waals surface area contributed by atoms with E-state index in [4.69, 9.17) is 0 Å². The maximum atomic E-state index is 15.4. The normalized spacial score (nSPS) is 10.9. The number of urea groups is 1. The summed E-state index contributed by atoms with van der Waals surface area (Å²) in [6.45, 7) is 2.24. The van der Waals surface area contributed by atoms with Crippen molar-refractivity contribution in [1.82, 2.24) is 30.0 Å². The fraction of sp³-hybridized carbons (Fsp3) is 0.111. The van der Waals surface area contributed by atoms with Crippen molar-refractivity contribution in [3.63, 3.8) is 0 Å². The molecule has 0 radical (unpaired) electrons. The Morgan fingerprint density at radius 2 is 2.21 bits per heavy atom. The Hall–Kier alpha value is -3.95. The van der Waals surface area contributed by atoms with Gasteiger partial charge in [-0.25, -0.2) is 18.9 Å². The van der Waals surface area contributed by atoms with E-state index in [9.17, 15) is 9.59 Å². The van der Waals surface area contributed by atoms with E-state index in [-0.39, 0.29) is 22.8 Å². The van der Waals surface area contributed by atoms with E-state index in [0.29, 0.717) is 23.1 Å². The number of benzene rings is 1. The molecule has 0 fully saturated rings. The summed E-state index contributed by atoms with van der Waals surface area (Å²) in [6, 6.07) is 5.68. The maximum Gasteiger partial charge on any atom is 0.321 e. The number of pyridine rings is 1. The molecule has 4 rings (SSSR count). The van der Waals surface area contributed by atoms with E-state index >= 15 is 4.39 Å². The Morgan fingerprint density at radius 3 is 2.93 bits per heavy atom. The van der Waals surface area contributed by atoms with Crippen molar-refractivity contribution in [2.24, 2.45) is 0 Å². The van der Waals surface area contributed by atoms with E-state index in [0.717, 1.165) is 0 Å². The number of carbonyl (C=O) groups is 1. The third-order valence-corrected chi connectivity index (χ3v) is 4.08. The molecule has 0 atom stereocenters. The predicted molar refractivity (Wildman–Crippen MR) is 102 cm³/mol. The minimum atomic E-state index is -0.585. The molecule has 1 aromatic carbocycles. The fourth-order valence-electron chi connectivity index (χ4n) is 2.91. The van der Waals surface area contributed by atoms with Crippen molar-refractivity contribution in [3.05, 3.63) is 59.0 Å². The lowest BCUT2D eigenvalue weighted by atomic mass is 10.0. The van der Waals surface area contributed by atoms with Crippen LogP contribution in [0.2, 0.25) is 0 Å². The number of amides is 2. The Morgan fingerprint density at radius 1 is 1.36 bits per heavy atom. The molecular weight excluding hydrogens is 365 g/mol. The van der Waals surface area contributed by atoms with Crippen LogP contribution in [0, 0.1) is 5.82 Å². The summed E-state index contributed by atoms with van der Waals surface area (Å²) < 4.78 is 16.8. The van der Waals surface area contributed by atoms with E-state index < -0.39 is 11.8 Å². The maximum absolute atomic E-state index is 15.4. The van der Waals surface area contributed by atoms with E-state index in [2.05, 4.69) is 30.7 Å². The minimum Gasteiger partial charge on any atom is -0.338 e. The zero-order valence-corrected chi connectivity index (χ0v) is 14.8. The topological polar surface area (TPSA) is 120 Å². The van der Waals surface area contributed by atoms with Crippen LogP contribution >= 0.6 is 0 Å². The Balaban J connectivity index is 1.93. The lowest BCUT2D eigenvalue weighted by Crippen LogP contribution is -2.28. The molecule has 0 aliphatic heterocycles. The van der Waals surface area contributed by atoms with Gasteiger partial charge >= 0.3 is 6.03 Å². The van der Waals surface area contributed by atoms with Gasteiger partial charge in [0, 0.05) is 36.8 Å². The minimum absolute atomic E-state index is 0.109. The Bertz CT molecular complexity index is 1210. The summed E-state index contributed by atoms with van der Waals surface area (Å²) >= 11 is 0. The molecular formula is C18H16FN7O2. The lowest BCUT2D eigenvalue weighted by Gasteiger charge is -2.09. The monoisotopic (exact) mass is 381 g/mol. The first kappa shape index (κ1) is 17.5. The molecule has 3 heterocycles. The SMILES string of the molecule is CCNC(=O)Nc1nc2c(-n3cccn3)c(F)c(-c3cc[nH]c(=O)c3)cc2[nH]1. The number of hydrogen-bond donors (Lipinski definition) is 4. The Labute approximate surface area is 157 Å². The van der Waals surface area contributed by atoms with Gasteiger partial charge in [0.2, 0.25) is 11.5 Å². The van der Waals surface area contributed by atoms with Crippen LogP contribution < -0.4 is 16.2 Å². The van der Waals surface area contributed by atoms with Gasteiger partial charge in [0.15, 0.2) is 5.82 Å². The number of anilines is 1. The van der Waals surface area contributed by atoms with E-state index in [1.54, 1.807) is 31.3 Å². The lowest BCUT2D eigenvalue weighted by molar-refractivity contribution is 0.252. The summed E-state index contributed by atoms with van der Waals surface area (Å²) in [4.78, 5) is 33.2. The Kier molecular flexibility index (Phi) is 4.36. The van der Waals surface area contributed by atoms with Crippen molar-refractivity contribution < 1.29 is 9.18 Å². The van der Waals surface area contributed by atoms with Gasteiger partial charge < -0.3 is 15.3 Å². The van der Waals surface area contributed by atoms with Crippen LogP contribution in [-0.2, 0) is 0 Å². The first-order chi connectivity index (χ1) is 13.6. The number of nitrogens with zero attached hydrogens (tertiary/aromatic N) is 3. The highest BCUT2D eigenvalue weighted by Crippen LogP contribution is 2.32. The molecule has 0 spiro atoms. The number of carbonyl (C=O) groups excluding carboxylic acids is 1. The van der Waals surface area contributed by atoms with Gasteiger partial charge in [-0.3, -0.25) is 10.1 Å². The molecule has 4 aromatic rings. The first-order valence-corrected chi connectivity index (χ1v) is 8.53. The van der Waals surface area contributed by atoms with Crippen LogP contribution in [0.5, 0.6) is 0 Å². The van der Waals surface area contributed by atoms with Gasteiger partial charge in [-0.05, 0) is 30.7 Å². The first-order valence-electron chi connectivity index (χ1n) is 8.53. The highest BCUT2D eigenvalue weighted by Gasteiger charge is 2.20. The third-order valence-electron chi connectivity index (χ3n) is 4.08. The molecule has 9 nitrogen and oxygen atoms in total. The number of halogens is 1. The highest BCUT2D eigenvalue weighted by atomic mass is 19.1. The van der Waals surface area contributed by atoms with Gasteiger partial charge in [-0.1, -0.05) is 0 Å². The van der Waals surface area contributed by atoms with Crippen molar-refractivity contribution in [2.75, 3.05) is 11.9 Å². The van der Waals surface area contributed by atoms with E-state index in [1.165, 1.54) is 23.1 Å². The molecule has 3 aromatic heterocycles. The van der Waals surface area contributed by atoms with Crippen molar-refractivity contribution in [1.29, 1.82) is 0 Å². The number of H-pyrrole nitrogens is 2. The van der Waals surface area contributed by atoms with Gasteiger partial charge in [0.25, 0.3) is 0 Å². The largest absolute Gasteiger partial charge is 0.338 e. The second-order valence-electron chi connectivity index (χ2n) is 5.94. The molecule has 0 bridgehead atoms. The van der Waals surface area contributed by atoms with Gasteiger partial charge in [0.05, 0.1) is 5.52 Å². The second-order valence-corrected chi connectivity index (χ2v) is 5.94. The highest BCUT2D eigenvalue weighted by molar-refractivity contribution is 5.94. The van der Waals surface area contributed by atoms with Crippen LogP contribution in [-0.4, -0.2) is 37.3 Å². The molecule has 0 saturated heterocycles. The summed E-state index contributed by atoms with van der Waals surface area (Å²) in [5.41, 5.74) is 1.15. The average molecular weight is 381 g/mol. The number of hydrogen-bond acceptors (Lipinski definition) is 4. The van der Waals surface area contributed by atoms with E-state index in [1.807, 2.05) is 0 Å². The van der Waals surface area contributed by atoms with Crippen molar-refractivity contribution in [2.45, 2.75) is 6.92 Å². The van der Waals surface area contributed by atoms with Crippen molar-refractivity contribution in [3.8, 4) is 16.8 Å². The number of aromatic amines is 2. The summed E-state index contributed by atoms with van der Waals surface area (Å²) in [6.07, 6.45) is 4.56. The van der Waals surface area contributed by atoms with Crippen LogP contribution in [0.25, 0.3) is 27.8 Å². The van der Waals surface area contributed by atoms with Crippen molar-refractivity contribution >= 4 is 23.0 Å². The number of fused-ring (bicyclic) bond motifs is 1. The molecule has 0 saturated carbocycles. The molecule has 0 aliphatic rings. The molecule has 0 aliphatic carbocycles. The molecule has 142 valence electrons. The van der Waals surface area contributed by atoms with Gasteiger partial charge in [-0.15, -0.1) is 0 Å². The number of nitrogens with one attached hydrogen (secondary N) is 4. The fourth-order valence-corrected chi connectivity index (χ4v) is 2.91. The molecule has 28 heavy (non-hydrogen) atoms. The predicted octanol–water partition coefficient (Wildman–Crippen LogP) is 2.38. The second kappa shape index (κ2) is 6.99. The molecule has 0 unspecified atom stereocenters. The molecule has 4 N–H and O–H groups in total. The zero-order chi connectivity index (χ0) is 19.7. The summed E-state index contributed by atoms with van der Waals surface area (Å²) in [5.74, 6) is -0.422. The number of aromatic nitrogens is 5.